The summed E-state index contributed by atoms with van der Waals surface area (Å²) in [7, 11) is 0. The van der Waals surface area contributed by atoms with Crippen molar-refractivity contribution in [1.29, 1.82) is 0 Å². The van der Waals surface area contributed by atoms with Gasteiger partial charge in [-0.25, -0.2) is 9.18 Å². The van der Waals surface area contributed by atoms with Gasteiger partial charge in [-0.2, -0.15) is 0 Å². The van der Waals surface area contributed by atoms with Crippen molar-refractivity contribution in [2.24, 2.45) is 0 Å². The monoisotopic (exact) mass is 311 g/mol. The van der Waals surface area contributed by atoms with E-state index in [0.29, 0.717) is 23.9 Å². The van der Waals surface area contributed by atoms with E-state index in [1.54, 1.807) is 41.0 Å². The number of aryl methyl sites for hydroxylation is 2. The molecule has 4 nitrogen and oxygen atoms in total. The maximum absolute atomic E-state index is 12.9. The molecule has 0 amide bonds. The molecule has 0 aliphatic carbocycles. The fraction of sp³-hybridized carbons (Fsp3) is 0.111. The van der Waals surface area contributed by atoms with Gasteiger partial charge in [-0.15, -0.1) is 0 Å². The minimum absolute atomic E-state index is 0.247. The molecule has 0 atom stereocenters. The average Bonchev–Trinajstić information content (AvgIpc) is 2.55. The van der Waals surface area contributed by atoms with E-state index >= 15 is 0 Å². The smallest absolute Gasteiger partial charge is 0.341 e. The molecule has 2 aromatic carbocycles. The lowest BCUT2D eigenvalue weighted by molar-refractivity contribution is 0.0695. The Hall–Kier alpha value is -2.95. The number of para-hydroxylation sites is 1. The van der Waals surface area contributed by atoms with Crippen molar-refractivity contribution < 1.29 is 14.3 Å². The van der Waals surface area contributed by atoms with E-state index < -0.39 is 11.4 Å². The zero-order valence-electron chi connectivity index (χ0n) is 12.2. The van der Waals surface area contributed by atoms with Gasteiger partial charge in [0, 0.05) is 18.1 Å². The molecule has 5 heteroatoms. The van der Waals surface area contributed by atoms with Gasteiger partial charge >= 0.3 is 5.97 Å². The van der Waals surface area contributed by atoms with Crippen LogP contribution in [0.1, 0.15) is 15.9 Å². The van der Waals surface area contributed by atoms with Gasteiger partial charge in [0.2, 0.25) is 5.43 Å². The Kier molecular flexibility index (Phi) is 3.93. The lowest BCUT2D eigenvalue weighted by Gasteiger charge is -2.12. The molecule has 0 radical (unpaired) electrons. The highest BCUT2D eigenvalue weighted by atomic mass is 19.1. The summed E-state index contributed by atoms with van der Waals surface area (Å²) in [6.45, 7) is 0.493. The fourth-order valence-corrected chi connectivity index (χ4v) is 2.58. The molecule has 0 unspecified atom stereocenters. The molecule has 0 fully saturated rings. The van der Waals surface area contributed by atoms with E-state index in [9.17, 15) is 19.1 Å². The third kappa shape index (κ3) is 2.99. The van der Waals surface area contributed by atoms with E-state index in [1.165, 1.54) is 18.3 Å². The Labute approximate surface area is 131 Å². The molecule has 3 aromatic rings. The van der Waals surface area contributed by atoms with Crippen molar-refractivity contribution in [3.8, 4) is 0 Å². The molecule has 0 saturated carbocycles. The van der Waals surface area contributed by atoms with Gasteiger partial charge in [-0.1, -0.05) is 24.3 Å². The standard InChI is InChI=1S/C18H14FNO3/c19-13-7-5-12(6-8-13)9-10-20-11-15(18(22)23)17(21)14-3-1-2-4-16(14)20/h1-8,11H,9-10H2,(H,22,23). The minimum Gasteiger partial charge on any atom is -0.477 e. The summed E-state index contributed by atoms with van der Waals surface area (Å²) < 4.78 is 14.7. The second-order valence-corrected chi connectivity index (χ2v) is 5.26. The lowest BCUT2D eigenvalue weighted by Crippen LogP contribution is -2.19. The van der Waals surface area contributed by atoms with Gasteiger partial charge in [0.05, 0.1) is 5.52 Å². The van der Waals surface area contributed by atoms with Crippen molar-refractivity contribution in [3.05, 3.63) is 81.9 Å². The van der Waals surface area contributed by atoms with E-state index in [2.05, 4.69) is 0 Å². The maximum Gasteiger partial charge on any atom is 0.341 e. The number of hydrogen-bond acceptors (Lipinski definition) is 2. The van der Waals surface area contributed by atoms with Crippen LogP contribution in [0.3, 0.4) is 0 Å². The second-order valence-electron chi connectivity index (χ2n) is 5.26. The van der Waals surface area contributed by atoms with Crippen LogP contribution in [0.25, 0.3) is 10.9 Å². The Morgan fingerprint density at radius 2 is 1.78 bits per heavy atom. The highest BCUT2D eigenvalue weighted by Gasteiger charge is 2.14. The van der Waals surface area contributed by atoms with Gasteiger partial charge in [-0.3, -0.25) is 4.79 Å². The third-order valence-corrected chi connectivity index (χ3v) is 3.77. The number of aromatic nitrogens is 1. The molecule has 3 rings (SSSR count). The van der Waals surface area contributed by atoms with Gasteiger partial charge in [0.1, 0.15) is 11.4 Å². The molecule has 0 aliphatic heterocycles. The maximum atomic E-state index is 12.9. The number of rotatable bonds is 4. The second kappa shape index (κ2) is 6.04. The van der Waals surface area contributed by atoms with Crippen LogP contribution >= 0.6 is 0 Å². The predicted molar refractivity (Wildman–Crippen MR) is 85.3 cm³/mol. The summed E-state index contributed by atoms with van der Waals surface area (Å²) in [6.07, 6.45) is 1.97. The first kappa shape index (κ1) is 15.0. The number of aromatic carboxylic acids is 1. The molecule has 0 bridgehead atoms. The first-order chi connectivity index (χ1) is 11.1. The quantitative estimate of drug-likeness (QED) is 0.805. The van der Waals surface area contributed by atoms with E-state index in [1.807, 2.05) is 0 Å². The van der Waals surface area contributed by atoms with Crippen molar-refractivity contribution in [2.75, 3.05) is 0 Å². The Morgan fingerprint density at radius 1 is 1.09 bits per heavy atom. The molecule has 0 saturated heterocycles. The summed E-state index contributed by atoms with van der Waals surface area (Å²) in [5.41, 5.74) is 0.893. The number of carboxylic acid groups (broad SMARTS) is 1. The van der Waals surface area contributed by atoms with Crippen LogP contribution in [0.2, 0.25) is 0 Å². The van der Waals surface area contributed by atoms with Gasteiger partial charge in [0.15, 0.2) is 0 Å². The number of carbonyl (C=O) groups is 1. The molecular formula is C18H14FNO3. The average molecular weight is 311 g/mol. The van der Waals surface area contributed by atoms with Crippen molar-refractivity contribution in [2.45, 2.75) is 13.0 Å². The normalized spacial score (nSPS) is 10.8. The molecule has 1 heterocycles. The Morgan fingerprint density at radius 3 is 2.48 bits per heavy atom. The summed E-state index contributed by atoms with van der Waals surface area (Å²) >= 11 is 0. The first-order valence-corrected chi connectivity index (χ1v) is 7.16. The van der Waals surface area contributed by atoms with E-state index in [4.69, 9.17) is 0 Å². The van der Waals surface area contributed by atoms with Gasteiger partial charge in [-0.05, 0) is 36.2 Å². The van der Waals surface area contributed by atoms with Crippen LogP contribution in [0.5, 0.6) is 0 Å². The van der Waals surface area contributed by atoms with Gasteiger partial charge in [0.25, 0.3) is 0 Å². The topological polar surface area (TPSA) is 59.3 Å². The van der Waals surface area contributed by atoms with Crippen LogP contribution in [-0.2, 0) is 13.0 Å². The number of benzene rings is 2. The fourth-order valence-electron chi connectivity index (χ4n) is 2.58. The van der Waals surface area contributed by atoms with E-state index in [-0.39, 0.29) is 11.4 Å². The molecule has 1 aromatic heterocycles. The Balaban J connectivity index is 2.02. The molecule has 0 aliphatic rings. The number of carboxylic acids is 1. The molecular weight excluding hydrogens is 297 g/mol. The van der Waals surface area contributed by atoms with Gasteiger partial charge < -0.3 is 9.67 Å². The minimum atomic E-state index is -1.24. The molecule has 0 spiro atoms. The number of halogens is 1. The highest BCUT2D eigenvalue weighted by Crippen LogP contribution is 2.13. The summed E-state index contributed by atoms with van der Waals surface area (Å²) in [4.78, 5) is 23.5. The van der Waals surface area contributed by atoms with Crippen LogP contribution in [-0.4, -0.2) is 15.6 Å². The van der Waals surface area contributed by atoms with Crippen LogP contribution in [0, 0.1) is 5.82 Å². The molecule has 116 valence electrons. The number of fused-ring (bicyclic) bond motifs is 1. The zero-order chi connectivity index (χ0) is 16.4. The zero-order valence-corrected chi connectivity index (χ0v) is 12.2. The van der Waals surface area contributed by atoms with Crippen molar-refractivity contribution in [3.63, 3.8) is 0 Å². The van der Waals surface area contributed by atoms with Crippen molar-refractivity contribution >= 4 is 16.9 Å². The number of hydrogen-bond donors (Lipinski definition) is 1. The third-order valence-electron chi connectivity index (χ3n) is 3.77. The summed E-state index contributed by atoms with van der Waals surface area (Å²) in [5, 5.41) is 9.59. The summed E-state index contributed by atoms with van der Waals surface area (Å²) in [6, 6.07) is 13.1. The summed E-state index contributed by atoms with van der Waals surface area (Å²) in [5.74, 6) is -1.54. The SMILES string of the molecule is O=C(O)c1cn(CCc2ccc(F)cc2)c2ccccc2c1=O. The number of pyridine rings is 1. The first-order valence-electron chi connectivity index (χ1n) is 7.16. The highest BCUT2D eigenvalue weighted by molar-refractivity contribution is 5.92. The van der Waals surface area contributed by atoms with Crippen LogP contribution in [0.15, 0.2) is 59.5 Å². The number of nitrogens with zero attached hydrogens (tertiary/aromatic N) is 1. The van der Waals surface area contributed by atoms with Crippen molar-refractivity contribution in [1.82, 2.24) is 4.57 Å². The van der Waals surface area contributed by atoms with E-state index in [0.717, 1.165) is 5.56 Å². The Bertz CT molecular complexity index is 929. The van der Waals surface area contributed by atoms with Crippen LogP contribution in [0.4, 0.5) is 4.39 Å². The predicted octanol–water partition coefficient (Wildman–Crippen LogP) is 3.08. The van der Waals surface area contributed by atoms with Crippen LogP contribution < -0.4 is 5.43 Å². The molecule has 1 N–H and O–H groups in total. The lowest BCUT2D eigenvalue weighted by atomic mass is 10.1. The largest absolute Gasteiger partial charge is 0.477 e. The molecule has 23 heavy (non-hydrogen) atoms.